The van der Waals surface area contributed by atoms with Crippen LogP contribution in [0.4, 0.5) is 10.1 Å². The first-order valence-corrected chi connectivity index (χ1v) is 9.96. The molecule has 1 aromatic rings. The molecule has 0 atom stereocenters. The summed E-state index contributed by atoms with van der Waals surface area (Å²) in [7, 11) is 1.34. The molecule has 6 nitrogen and oxygen atoms in total. The van der Waals surface area contributed by atoms with Crippen LogP contribution in [0.3, 0.4) is 0 Å². The molecule has 0 radical (unpaired) electrons. The van der Waals surface area contributed by atoms with Crippen molar-refractivity contribution in [3.63, 3.8) is 0 Å². The molecule has 0 heterocycles. The van der Waals surface area contributed by atoms with Crippen molar-refractivity contribution in [3.8, 4) is 5.75 Å². The van der Waals surface area contributed by atoms with Gasteiger partial charge >= 0.3 is 5.97 Å². The zero-order valence-electron chi connectivity index (χ0n) is 16.8. The maximum atomic E-state index is 14.6. The summed E-state index contributed by atoms with van der Waals surface area (Å²) in [5.74, 6) is -2.70. The zero-order chi connectivity index (χ0) is 21.6. The third-order valence-corrected chi connectivity index (χ3v) is 4.98. The van der Waals surface area contributed by atoms with E-state index in [1.165, 1.54) is 13.2 Å². The van der Waals surface area contributed by atoms with Crippen molar-refractivity contribution in [1.82, 2.24) is 0 Å². The Kier molecular flexibility index (Phi) is 8.20. The first kappa shape index (κ1) is 22.9. The van der Waals surface area contributed by atoms with Gasteiger partial charge in [-0.05, 0) is 38.2 Å². The van der Waals surface area contributed by atoms with Crippen molar-refractivity contribution in [2.75, 3.05) is 18.6 Å². The van der Waals surface area contributed by atoms with E-state index in [0.717, 1.165) is 32.3 Å². The average Bonchev–Trinajstić information content (AvgIpc) is 2.69. The van der Waals surface area contributed by atoms with Gasteiger partial charge in [0, 0.05) is 24.1 Å². The highest BCUT2D eigenvalue weighted by molar-refractivity contribution is 6.32. The molecule has 0 aliphatic heterocycles. The topological polar surface area (TPSA) is 72.9 Å². The molecule has 0 saturated heterocycles. The number of anilines is 1. The lowest BCUT2D eigenvalue weighted by Crippen LogP contribution is -2.38. The SMILES string of the molecule is CCCCOC(=O)C1=C(C(=O)N(C(C)=O)c2cc(OC)c(Cl)cc2F)CCCC1. The molecule has 2 amide bonds. The number of benzene rings is 1. The Bertz CT molecular complexity index is 837. The van der Waals surface area contributed by atoms with Crippen molar-refractivity contribution in [1.29, 1.82) is 0 Å². The van der Waals surface area contributed by atoms with Gasteiger partial charge in [-0.1, -0.05) is 24.9 Å². The Hall–Kier alpha value is -2.41. The number of hydrogen-bond donors (Lipinski definition) is 0. The van der Waals surface area contributed by atoms with Gasteiger partial charge in [-0.15, -0.1) is 0 Å². The quantitative estimate of drug-likeness (QED) is 0.472. The molecule has 1 aliphatic rings. The summed E-state index contributed by atoms with van der Waals surface area (Å²) >= 11 is 5.92. The fourth-order valence-corrected chi connectivity index (χ4v) is 3.39. The van der Waals surface area contributed by atoms with Gasteiger partial charge in [0.2, 0.25) is 5.91 Å². The number of imide groups is 1. The molecule has 0 unspecified atom stereocenters. The van der Waals surface area contributed by atoms with Gasteiger partial charge in [0.25, 0.3) is 5.91 Å². The van der Waals surface area contributed by atoms with Gasteiger partial charge in [-0.3, -0.25) is 9.59 Å². The van der Waals surface area contributed by atoms with Gasteiger partial charge in [0.1, 0.15) is 11.6 Å². The molecular weight excluding hydrogens is 401 g/mol. The van der Waals surface area contributed by atoms with Gasteiger partial charge in [0.15, 0.2) is 0 Å². The maximum Gasteiger partial charge on any atom is 0.334 e. The van der Waals surface area contributed by atoms with Crippen LogP contribution in [0.1, 0.15) is 52.4 Å². The van der Waals surface area contributed by atoms with Crippen LogP contribution in [0.2, 0.25) is 5.02 Å². The first-order chi connectivity index (χ1) is 13.8. The number of methoxy groups -OCH3 is 1. The minimum atomic E-state index is -0.845. The molecule has 8 heteroatoms. The molecule has 1 aromatic carbocycles. The van der Waals surface area contributed by atoms with Crippen molar-refractivity contribution < 1.29 is 28.2 Å². The highest BCUT2D eigenvalue weighted by atomic mass is 35.5. The molecule has 1 aliphatic carbocycles. The standard InChI is InChI=1S/C21H25ClFNO5/c1-4-5-10-29-21(27)15-9-7-6-8-14(15)20(26)24(13(2)25)18-12-19(28-3)16(22)11-17(18)23/h11-12H,4-10H2,1-3H3. The van der Waals surface area contributed by atoms with E-state index in [9.17, 15) is 18.8 Å². The second-order valence-corrected chi connectivity index (χ2v) is 7.16. The molecule has 0 bridgehead atoms. The van der Waals surface area contributed by atoms with Crippen LogP contribution in [0, 0.1) is 5.82 Å². The summed E-state index contributed by atoms with van der Waals surface area (Å²) in [6, 6.07) is 2.17. The van der Waals surface area contributed by atoms with Crippen LogP contribution in [-0.2, 0) is 19.1 Å². The minimum Gasteiger partial charge on any atom is -0.495 e. The molecule has 0 fully saturated rings. The number of halogens is 2. The van der Waals surface area contributed by atoms with Gasteiger partial charge < -0.3 is 9.47 Å². The van der Waals surface area contributed by atoms with Crippen LogP contribution >= 0.6 is 11.6 Å². The van der Waals surface area contributed by atoms with Crippen molar-refractivity contribution in [2.24, 2.45) is 0 Å². The number of carbonyl (C=O) groups excluding carboxylic acids is 3. The minimum absolute atomic E-state index is 0.0155. The maximum absolute atomic E-state index is 14.6. The molecular formula is C21H25ClFNO5. The lowest BCUT2D eigenvalue weighted by Gasteiger charge is -2.25. The van der Waals surface area contributed by atoms with Crippen LogP contribution in [0.25, 0.3) is 0 Å². The lowest BCUT2D eigenvalue weighted by molar-refractivity contribution is -0.140. The number of carbonyl (C=O) groups is 3. The fraction of sp³-hybridized carbons (Fsp3) is 0.476. The Morgan fingerprint density at radius 2 is 1.83 bits per heavy atom. The van der Waals surface area contributed by atoms with Crippen molar-refractivity contribution >= 4 is 35.1 Å². The first-order valence-electron chi connectivity index (χ1n) is 9.59. The normalized spacial score (nSPS) is 13.8. The number of hydrogen-bond acceptors (Lipinski definition) is 5. The second kappa shape index (κ2) is 10.4. The third-order valence-electron chi connectivity index (χ3n) is 4.68. The highest BCUT2D eigenvalue weighted by Gasteiger charge is 2.32. The summed E-state index contributed by atoms with van der Waals surface area (Å²) in [4.78, 5) is 38.7. The van der Waals surface area contributed by atoms with E-state index < -0.39 is 23.6 Å². The Balaban J connectivity index is 2.46. The Labute approximate surface area is 174 Å². The van der Waals surface area contributed by atoms with Crippen LogP contribution in [0.5, 0.6) is 5.75 Å². The van der Waals surface area contributed by atoms with Crippen LogP contribution in [-0.4, -0.2) is 31.5 Å². The summed E-state index contributed by atoms with van der Waals surface area (Å²) in [6.45, 7) is 3.39. The predicted molar refractivity (Wildman–Crippen MR) is 107 cm³/mol. The van der Waals surface area contributed by atoms with Crippen molar-refractivity contribution in [3.05, 3.63) is 34.1 Å². The summed E-state index contributed by atoms with van der Waals surface area (Å²) in [5.41, 5.74) is 0.159. The molecule has 0 spiro atoms. The van der Waals surface area contributed by atoms with E-state index in [1.54, 1.807) is 0 Å². The number of amides is 2. The average molecular weight is 426 g/mol. The molecule has 0 saturated carbocycles. The zero-order valence-corrected chi connectivity index (χ0v) is 17.6. The van der Waals surface area contributed by atoms with E-state index in [2.05, 4.69) is 0 Å². The monoisotopic (exact) mass is 425 g/mol. The molecule has 0 N–H and O–H groups in total. The predicted octanol–water partition coefficient (Wildman–Crippen LogP) is 4.58. The van der Waals surface area contributed by atoms with Gasteiger partial charge in [-0.25, -0.2) is 14.1 Å². The van der Waals surface area contributed by atoms with Gasteiger partial charge in [0.05, 0.1) is 24.4 Å². The summed E-state index contributed by atoms with van der Waals surface area (Å²) in [6.07, 6.45) is 3.70. The third kappa shape index (κ3) is 5.35. The summed E-state index contributed by atoms with van der Waals surface area (Å²) in [5, 5.41) is 0.0155. The largest absolute Gasteiger partial charge is 0.495 e. The highest BCUT2D eigenvalue weighted by Crippen LogP contribution is 2.35. The number of rotatable bonds is 7. The van der Waals surface area contributed by atoms with Crippen LogP contribution in [0.15, 0.2) is 23.3 Å². The number of ether oxygens (including phenoxy) is 2. The van der Waals surface area contributed by atoms with Crippen LogP contribution < -0.4 is 9.64 Å². The smallest absolute Gasteiger partial charge is 0.334 e. The Morgan fingerprint density at radius 1 is 1.17 bits per heavy atom. The molecule has 0 aromatic heterocycles. The Morgan fingerprint density at radius 3 is 2.41 bits per heavy atom. The molecule has 158 valence electrons. The van der Waals surface area contributed by atoms with E-state index in [-0.39, 0.29) is 34.2 Å². The van der Waals surface area contributed by atoms with E-state index in [4.69, 9.17) is 21.1 Å². The van der Waals surface area contributed by atoms with E-state index >= 15 is 0 Å². The number of esters is 1. The van der Waals surface area contributed by atoms with E-state index in [1.807, 2.05) is 6.92 Å². The fourth-order valence-electron chi connectivity index (χ4n) is 3.17. The van der Waals surface area contributed by atoms with Gasteiger partial charge in [-0.2, -0.15) is 0 Å². The number of unbranched alkanes of at least 4 members (excludes halogenated alkanes) is 1. The second-order valence-electron chi connectivity index (χ2n) is 6.75. The molecule has 2 rings (SSSR count). The number of nitrogens with zero attached hydrogens (tertiary/aromatic N) is 1. The summed E-state index contributed by atoms with van der Waals surface area (Å²) < 4.78 is 24.9. The van der Waals surface area contributed by atoms with E-state index in [0.29, 0.717) is 24.2 Å². The van der Waals surface area contributed by atoms with Crippen molar-refractivity contribution in [2.45, 2.75) is 52.4 Å². The lowest BCUT2D eigenvalue weighted by atomic mass is 9.90. The molecule has 29 heavy (non-hydrogen) atoms.